The van der Waals surface area contributed by atoms with Crippen LogP contribution in [0.2, 0.25) is 5.02 Å². The SMILES string of the molecule is OC[C@@H](Cc1ccccc1)[C@@H](O)c1ccccc1Cl. The third kappa shape index (κ3) is 3.57. The van der Waals surface area contributed by atoms with Crippen LogP contribution in [0.3, 0.4) is 0 Å². The minimum atomic E-state index is -0.765. The molecule has 100 valence electrons. The van der Waals surface area contributed by atoms with E-state index >= 15 is 0 Å². The quantitative estimate of drug-likeness (QED) is 0.880. The van der Waals surface area contributed by atoms with Crippen LogP contribution in [-0.4, -0.2) is 16.8 Å². The van der Waals surface area contributed by atoms with E-state index in [1.54, 1.807) is 12.1 Å². The molecule has 0 aromatic heterocycles. The maximum absolute atomic E-state index is 10.4. The minimum absolute atomic E-state index is 0.0821. The molecule has 0 radical (unpaired) electrons. The molecule has 0 aliphatic carbocycles. The summed E-state index contributed by atoms with van der Waals surface area (Å²) in [5.41, 5.74) is 1.76. The lowest BCUT2D eigenvalue weighted by Crippen LogP contribution is -2.19. The van der Waals surface area contributed by atoms with E-state index in [-0.39, 0.29) is 12.5 Å². The van der Waals surface area contributed by atoms with Crippen LogP contribution < -0.4 is 0 Å². The summed E-state index contributed by atoms with van der Waals surface area (Å²) in [6.07, 6.45) is -0.150. The summed E-state index contributed by atoms with van der Waals surface area (Å²) in [7, 11) is 0. The highest BCUT2D eigenvalue weighted by Crippen LogP contribution is 2.30. The Balaban J connectivity index is 2.16. The van der Waals surface area contributed by atoms with Gasteiger partial charge >= 0.3 is 0 Å². The minimum Gasteiger partial charge on any atom is -0.396 e. The molecule has 0 aliphatic rings. The van der Waals surface area contributed by atoms with E-state index in [4.69, 9.17) is 11.6 Å². The Morgan fingerprint density at radius 1 is 0.947 bits per heavy atom. The fraction of sp³-hybridized carbons (Fsp3) is 0.250. The Kier molecular flexibility index (Phi) is 4.97. The second-order valence-electron chi connectivity index (χ2n) is 4.60. The molecule has 0 heterocycles. The molecule has 3 heteroatoms. The van der Waals surface area contributed by atoms with Gasteiger partial charge in [0.2, 0.25) is 0 Å². The largest absolute Gasteiger partial charge is 0.396 e. The first-order valence-electron chi connectivity index (χ1n) is 6.29. The molecule has 0 fully saturated rings. The molecule has 2 atom stereocenters. The van der Waals surface area contributed by atoms with Gasteiger partial charge in [-0.2, -0.15) is 0 Å². The van der Waals surface area contributed by atoms with Crippen molar-refractivity contribution in [1.29, 1.82) is 0 Å². The van der Waals surface area contributed by atoms with Crippen LogP contribution in [0.4, 0.5) is 0 Å². The van der Waals surface area contributed by atoms with Crippen LogP contribution in [0, 0.1) is 5.92 Å². The van der Waals surface area contributed by atoms with E-state index < -0.39 is 6.10 Å². The van der Waals surface area contributed by atoms with Crippen LogP contribution in [-0.2, 0) is 6.42 Å². The average Bonchev–Trinajstić information content (AvgIpc) is 2.46. The number of hydrogen-bond donors (Lipinski definition) is 2. The molecule has 19 heavy (non-hydrogen) atoms. The van der Waals surface area contributed by atoms with Crippen LogP contribution in [0.1, 0.15) is 17.2 Å². The number of aliphatic hydroxyl groups excluding tert-OH is 2. The molecule has 0 amide bonds. The van der Waals surface area contributed by atoms with Crippen LogP contribution in [0.5, 0.6) is 0 Å². The van der Waals surface area contributed by atoms with Crippen molar-refractivity contribution in [3.63, 3.8) is 0 Å². The summed E-state index contributed by atoms with van der Waals surface area (Å²) in [5.74, 6) is -0.262. The van der Waals surface area contributed by atoms with E-state index in [0.717, 1.165) is 5.56 Å². The van der Waals surface area contributed by atoms with Gasteiger partial charge in [-0.1, -0.05) is 60.1 Å². The molecule has 0 bridgehead atoms. The molecule has 2 aromatic carbocycles. The molecule has 2 aromatic rings. The van der Waals surface area contributed by atoms with Gasteiger partial charge < -0.3 is 10.2 Å². The third-order valence-corrected chi connectivity index (χ3v) is 3.59. The van der Waals surface area contributed by atoms with Crippen molar-refractivity contribution < 1.29 is 10.2 Å². The van der Waals surface area contributed by atoms with Crippen LogP contribution in [0.25, 0.3) is 0 Å². The maximum Gasteiger partial charge on any atom is 0.0857 e. The Bertz CT molecular complexity index is 513. The van der Waals surface area contributed by atoms with Gasteiger partial charge in [0.1, 0.15) is 0 Å². The summed E-state index contributed by atoms with van der Waals surface area (Å²) in [6, 6.07) is 17.0. The molecule has 0 saturated carbocycles. The first kappa shape index (κ1) is 14.1. The summed E-state index contributed by atoms with van der Waals surface area (Å²) >= 11 is 6.08. The number of benzene rings is 2. The third-order valence-electron chi connectivity index (χ3n) is 3.25. The molecule has 2 nitrogen and oxygen atoms in total. The molecule has 0 aliphatic heterocycles. The van der Waals surface area contributed by atoms with Crippen molar-refractivity contribution in [3.8, 4) is 0 Å². The van der Waals surface area contributed by atoms with Gasteiger partial charge in [-0.05, 0) is 23.6 Å². The second-order valence-corrected chi connectivity index (χ2v) is 5.01. The fourth-order valence-electron chi connectivity index (χ4n) is 2.16. The molecule has 2 N–H and O–H groups in total. The van der Waals surface area contributed by atoms with Gasteiger partial charge in [-0.25, -0.2) is 0 Å². The zero-order chi connectivity index (χ0) is 13.7. The highest BCUT2D eigenvalue weighted by Gasteiger charge is 2.22. The summed E-state index contributed by atoms with van der Waals surface area (Å²) in [5, 5.41) is 20.4. The lowest BCUT2D eigenvalue weighted by molar-refractivity contribution is 0.0669. The van der Waals surface area contributed by atoms with Crippen molar-refractivity contribution in [1.82, 2.24) is 0 Å². The average molecular weight is 277 g/mol. The molecular formula is C16H17ClO2. The van der Waals surface area contributed by atoms with Crippen molar-refractivity contribution in [2.45, 2.75) is 12.5 Å². The predicted molar refractivity (Wildman–Crippen MR) is 77.1 cm³/mol. The lowest BCUT2D eigenvalue weighted by Gasteiger charge is -2.22. The second kappa shape index (κ2) is 6.71. The normalized spacial score (nSPS) is 14.1. The lowest BCUT2D eigenvalue weighted by atomic mass is 9.90. The molecule has 0 saturated heterocycles. The van der Waals surface area contributed by atoms with Gasteiger partial charge in [0.15, 0.2) is 0 Å². The van der Waals surface area contributed by atoms with E-state index in [9.17, 15) is 10.2 Å². The number of halogens is 1. The standard InChI is InChI=1S/C16H17ClO2/c17-15-9-5-4-8-14(15)16(19)13(11-18)10-12-6-2-1-3-7-12/h1-9,13,16,18-19H,10-11H2/t13-,16-/m1/s1. The van der Waals surface area contributed by atoms with E-state index in [1.807, 2.05) is 42.5 Å². The smallest absolute Gasteiger partial charge is 0.0857 e. The molecule has 0 unspecified atom stereocenters. The summed E-state index contributed by atoms with van der Waals surface area (Å²) in [6.45, 7) is -0.0821. The van der Waals surface area contributed by atoms with Crippen LogP contribution in [0.15, 0.2) is 54.6 Å². The number of rotatable bonds is 5. The van der Waals surface area contributed by atoms with E-state index in [1.165, 1.54) is 0 Å². The van der Waals surface area contributed by atoms with E-state index in [0.29, 0.717) is 17.0 Å². The highest BCUT2D eigenvalue weighted by molar-refractivity contribution is 6.31. The Labute approximate surface area is 118 Å². The van der Waals surface area contributed by atoms with Crippen molar-refractivity contribution >= 4 is 11.6 Å². The van der Waals surface area contributed by atoms with Crippen LogP contribution >= 0.6 is 11.6 Å². The highest BCUT2D eigenvalue weighted by atomic mass is 35.5. The van der Waals surface area contributed by atoms with Crippen molar-refractivity contribution in [2.75, 3.05) is 6.61 Å². The summed E-state index contributed by atoms with van der Waals surface area (Å²) < 4.78 is 0. The zero-order valence-electron chi connectivity index (χ0n) is 10.5. The predicted octanol–water partition coefficient (Wildman–Crippen LogP) is 3.22. The maximum atomic E-state index is 10.4. The first-order chi connectivity index (χ1) is 9.22. The molecule has 2 rings (SSSR count). The Hall–Kier alpha value is -1.35. The number of hydrogen-bond acceptors (Lipinski definition) is 2. The van der Waals surface area contributed by atoms with Crippen molar-refractivity contribution in [2.24, 2.45) is 5.92 Å². The summed E-state index contributed by atoms with van der Waals surface area (Å²) in [4.78, 5) is 0. The Morgan fingerprint density at radius 3 is 2.21 bits per heavy atom. The number of aliphatic hydroxyl groups is 2. The van der Waals surface area contributed by atoms with Gasteiger partial charge in [-0.15, -0.1) is 0 Å². The van der Waals surface area contributed by atoms with Crippen molar-refractivity contribution in [3.05, 3.63) is 70.7 Å². The zero-order valence-corrected chi connectivity index (χ0v) is 11.3. The van der Waals surface area contributed by atoms with Gasteiger partial charge in [0.05, 0.1) is 6.10 Å². The fourth-order valence-corrected chi connectivity index (χ4v) is 2.41. The molecular weight excluding hydrogens is 260 g/mol. The Morgan fingerprint density at radius 2 is 1.58 bits per heavy atom. The monoisotopic (exact) mass is 276 g/mol. The van der Waals surface area contributed by atoms with Gasteiger partial charge in [-0.3, -0.25) is 0 Å². The topological polar surface area (TPSA) is 40.5 Å². The van der Waals surface area contributed by atoms with Gasteiger partial charge in [0.25, 0.3) is 0 Å². The van der Waals surface area contributed by atoms with Gasteiger partial charge in [0, 0.05) is 17.5 Å². The van der Waals surface area contributed by atoms with E-state index in [2.05, 4.69) is 0 Å². The first-order valence-corrected chi connectivity index (χ1v) is 6.67. The molecule has 0 spiro atoms.